The Bertz CT molecular complexity index is 734. The first-order valence-electron chi connectivity index (χ1n) is 9.51. The molecule has 0 radical (unpaired) electrons. The molecule has 2 fully saturated rings. The summed E-state index contributed by atoms with van der Waals surface area (Å²) in [6, 6.07) is 5.11. The molecule has 0 bridgehead atoms. The van der Waals surface area contributed by atoms with Gasteiger partial charge in [-0.2, -0.15) is 11.8 Å². The lowest BCUT2D eigenvalue weighted by Gasteiger charge is -2.43. The summed E-state index contributed by atoms with van der Waals surface area (Å²) in [4.78, 5) is 29.3. The van der Waals surface area contributed by atoms with Crippen LogP contribution in [0.25, 0.3) is 0 Å². The first-order valence-corrected chi connectivity index (χ1v) is 10.9. The summed E-state index contributed by atoms with van der Waals surface area (Å²) < 4.78 is 10.6. The molecule has 1 aromatic rings. The maximum atomic E-state index is 13.0. The molecule has 0 aliphatic carbocycles. The zero-order valence-corrected chi connectivity index (χ0v) is 17.8. The molecule has 1 aromatic carbocycles. The van der Waals surface area contributed by atoms with E-state index in [9.17, 15) is 9.59 Å². The molecule has 28 heavy (non-hydrogen) atoms. The van der Waals surface area contributed by atoms with Crippen LogP contribution >= 0.6 is 11.8 Å². The third-order valence-corrected chi connectivity index (χ3v) is 6.49. The minimum Gasteiger partial charge on any atom is -0.497 e. The maximum Gasteiger partial charge on any atom is 0.257 e. The number of rotatable bonds is 6. The summed E-state index contributed by atoms with van der Waals surface area (Å²) in [5.74, 6) is 2.21. The van der Waals surface area contributed by atoms with E-state index in [1.165, 1.54) is 0 Å². The molecule has 2 saturated heterocycles. The van der Waals surface area contributed by atoms with Crippen LogP contribution in [-0.2, 0) is 4.79 Å². The highest BCUT2D eigenvalue weighted by molar-refractivity contribution is 7.98. The maximum absolute atomic E-state index is 13.0. The second-order valence-electron chi connectivity index (χ2n) is 7.27. The number of nitrogens with one attached hydrogen (secondary N) is 1. The van der Waals surface area contributed by atoms with Gasteiger partial charge >= 0.3 is 0 Å². The number of benzene rings is 1. The molecule has 2 aliphatic heterocycles. The number of thioether (sulfide) groups is 1. The number of ether oxygens (including phenoxy) is 2. The van der Waals surface area contributed by atoms with Gasteiger partial charge < -0.3 is 19.3 Å². The number of likely N-dealkylation sites (tertiary alicyclic amines) is 1. The molecule has 1 N–H and O–H groups in total. The molecule has 1 atom stereocenters. The van der Waals surface area contributed by atoms with Gasteiger partial charge in [0, 0.05) is 39.0 Å². The lowest BCUT2D eigenvalue weighted by molar-refractivity contribution is -0.131. The fourth-order valence-electron chi connectivity index (χ4n) is 4.06. The van der Waals surface area contributed by atoms with Gasteiger partial charge in [0.05, 0.1) is 31.5 Å². The summed E-state index contributed by atoms with van der Waals surface area (Å²) in [6.07, 6.45) is 4.32. The van der Waals surface area contributed by atoms with Crippen LogP contribution in [0, 0.1) is 0 Å². The largest absolute Gasteiger partial charge is 0.497 e. The molecule has 3 rings (SSSR count). The van der Waals surface area contributed by atoms with E-state index in [4.69, 9.17) is 9.47 Å². The SMILES string of the molecule is COc1ccc(C(=O)N2CCC3(CC2)NC(CCSC)C(=O)N3C)c(OC)c1. The normalized spacial score (nSPS) is 21.3. The average molecular weight is 408 g/mol. The van der Waals surface area contributed by atoms with Crippen LogP contribution in [0.5, 0.6) is 11.5 Å². The minimum absolute atomic E-state index is 0.0553. The Labute approximate surface area is 170 Å². The first kappa shape index (κ1) is 20.8. The van der Waals surface area contributed by atoms with E-state index in [0.29, 0.717) is 30.2 Å². The standard InChI is InChI=1S/C20H29N3O4S/c1-22-19(25)16(7-12-28-4)21-20(22)8-10-23(11-9-20)18(24)15-6-5-14(26-2)13-17(15)27-3/h5-6,13,16,21H,7-12H2,1-4H3. The van der Waals surface area contributed by atoms with E-state index in [-0.39, 0.29) is 23.5 Å². The van der Waals surface area contributed by atoms with Crippen LogP contribution in [0.15, 0.2) is 18.2 Å². The Hall–Kier alpha value is -1.93. The number of piperidine rings is 1. The summed E-state index contributed by atoms with van der Waals surface area (Å²) in [5.41, 5.74) is 0.182. The van der Waals surface area contributed by atoms with Crippen LogP contribution in [0.1, 0.15) is 29.6 Å². The molecule has 2 amide bonds. The van der Waals surface area contributed by atoms with Crippen LogP contribution in [0.2, 0.25) is 0 Å². The topological polar surface area (TPSA) is 71.1 Å². The Morgan fingerprint density at radius 1 is 1.29 bits per heavy atom. The third kappa shape index (κ3) is 3.80. The summed E-state index contributed by atoms with van der Waals surface area (Å²) >= 11 is 1.75. The van der Waals surface area contributed by atoms with Crippen molar-refractivity contribution in [3.63, 3.8) is 0 Å². The van der Waals surface area contributed by atoms with Crippen molar-refractivity contribution in [2.24, 2.45) is 0 Å². The number of amides is 2. The van der Waals surface area contributed by atoms with Crippen molar-refractivity contribution in [1.29, 1.82) is 0 Å². The van der Waals surface area contributed by atoms with Gasteiger partial charge in [0.1, 0.15) is 11.5 Å². The van der Waals surface area contributed by atoms with Gasteiger partial charge in [0.25, 0.3) is 5.91 Å². The van der Waals surface area contributed by atoms with Gasteiger partial charge in [-0.1, -0.05) is 0 Å². The van der Waals surface area contributed by atoms with E-state index < -0.39 is 0 Å². The summed E-state index contributed by atoms with van der Waals surface area (Å²) in [5, 5.41) is 3.56. The van der Waals surface area contributed by atoms with Crippen LogP contribution in [-0.4, -0.2) is 79.7 Å². The smallest absolute Gasteiger partial charge is 0.257 e. The molecule has 7 nitrogen and oxygen atoms in total. The number of hydrogen-bond acceptors (Lipinski definition) is 6. The molecule has 154 valence electrons. The molecule has 2 heterocycles. The molecule has 1 spiro atoms. The van der Waals surface area contributed by atoms with E-state index in [2.05, 4.69) is 11.6 Å². The quantitative estimate of drug-likeness (QED) is 0.776. The van der Waals surface area contributed by atoms with Crippen molar-refractivity contribution >= 4 is 23.6 Å². The predicted octanol–water partition coefficient (Wildman–Crippen LogP) is 1.82. The zero-order chi connectivity index (χ0) is 20.3. The molecular weight excluding hydrogens is 378 g/mol. The van der Waals surface area contributed by atoms with Crippen molar-refractivity contribution in [1.82, 2.24) is 15.1 Å². The van der Waals surface area contributed by atoms with Crippen molar-refractivity contribution in [2.45, 2.75) is 31.0 Å². The van der Waals surface area contributed by atoms with Gasteiger partial charge in [0.15, 0.2) is 0 Å². The summed E-state index contributed by atoms with van der Waals surface area (Å²) in [6.45, 7) is 1.18. The van der Waals surface area contributed by atoms with E-state index in [0.717, 1.165) is 25.0 Å². The Balaban J connectivity index is 1.68. The Kier molecular flexibility index (Phi) is 6.40. The van der Waals surface area contributed by atoms with E-state index in [1.807, 2.05) is 16.8 Å². The van der Waals surface area contributed by atoms with Gasteiger partial charge in [-0.3, -0.25) is 14.9 Å². The zero-order valence-electron chi connectivity index (χ0n) is 17.0. The predicted molar refractivity (Wildman–Crippen MR) is 110 cm³/mol. The van der Waals surface area contributed by atoms with Crippen LogP contribution in [0.3, 0.4) is 0 Å². The molecule has 2 aliphatic rings. The van der Waals surface area contributed by atoms with Gasteiger partial charge in [0.2, 0.25) is 5.91 Å². The molecule has 1 unspecified atom stereocenters. The van der Waals surface area contributed by atoms with Gasteiger partial charge in [-0.15, -0.1) is 0 Å². The number of likely N-dealkylation sites (N-methyl/N-ethyl adjacent to an activating group) is 1. The lowest BCUT2D eigenvalue weighted by Crippen LogP contribution is -2.58. The van der Waals surface area contributed by atoms with Crippen molar-refractivity contribution in [2.75, 3.05) is 46.4 Å². The number of nitrogens with zero attached hydrogens (tertiary/aromatic N) is 2. The number of hydrogen-bond donors (Lipinski definition) is 1. The van der Waals surface area contributed by atoms with Crippen LogP contribution in [0.4, 0.5) is 0 Å². The number of carbonyl (C=O) groups excluding carboxylic acids is 2. The number of methoxy groups -OCH3 is 2. The lowest BCUT2D eigenvalue weighted by atomic mass is 9.95. The highest BCUT2D eigenvalue weighted by Gasteiger charge is 2.49. The highest BCUT2D eigenvalue weighted by Crippen LogP contribution is 2.33. The molecular formula is C20H29N3O4S. The van der Waals surface area contributed by atoms with Crippen LogP contribution < -0.4 is 14.8 Å². The van der Waals surface area contributed by atoms with Crippen molar-refractivity contribution in [3.8, 4) is 11.5 Å². The number of carbonyl (C=O) groups is 2. The monoisotopic (exact) mass is 407 g/mol. The Morgan fingerprint density at radius 3 is 2.61 bits per heavy atom. The first-order chi connectivity index (χ1) is 13.5. The van der Waals surface area contributed by atoms with Crippen molar-refractivity contribution in [3.05, 3.63) is 23.8 Å². The van der Waals surface area contributed by atoms with E-state index in [1.54, 1.807) is 44.2 Å². The second kappa shape index (κ2) is 8.61. The van der Waals surface area contributed by atoms with Gasteiger partial charge in [-0.05, 0) is 30.6 Å². The third-order valence-electron chi connectivity index (χ3n) is 5.84. The second-order valence-corrected chi connectivity index (χ2v) is 8.25. The fourth-order valence-corrected chi connectivity index (χ4v) is 4.54. The molecule has 0 saturated carbocycles. The molecule has 0 aromatic heterocycles. The van der Waals surface area contributed by atoms with Gasteiger partial charge in [-0.25, -0.2) is 0 Å². The molecule has 8 heteroatoms. The fraction of sp³-hybridized carbons (Fsp3) is 0.600. The van der Waals surface area contributed by atoms with E-state index >= 15 is 0 Å². The average Bonchev–Trinajstić information content (AvgIpc) is 2.96. The minimum atomic E-state index is -0.346. The summed E-state index contributed by atoms with van der Waals surface area (Å²) in [7, 11) is 5.01. The Morgan fingerprint density at radius 2 is 2.00 bits per heavy atom. The highest BCUT2D eigenvalue weighted by atomic mass is 32.2. The van der Waals surface area contributed by atoms with Crippen molar-refractivity contribution < 1.29 is 19.1 Å².